The molecular formula is C28H34N4O6. The molecule has 2 heterocycles. The molecule has 2 aliphatic rings. The van der Waals surface area contributed by atoms with E-state index in [0.29, 0.717) is 38.8 Å². The lowest BCUT2D eigenvalue weighted by Gasteiger charge is -2.29. The van der Waals surface area contributed by atoms with Crippen LogP contribution in [0.5, 0.6) is 0 Å². The molecule has 202 valence electrons. The van der Waals surface area contributed by atoms with Gasteiger partial charge in [-0.25, -0.2) is 9.59 Å². The third-order valence-corrected chi connectivity index (χ3v) is 7.09. The number of Topliss-reactive ketones (excluding diaryl/α,β-unsaturated/α-hetero) is 2. The number of ketones is 2. The highest BCUT2D eigenvalue weighted by Gasteiger charge is 2.44. The molecule has 38 heavy (non-hydrogen) atoms. The molecule has 0 unspecified atom stereocenters. The standard InChI is InChI=1S/C28H34N4O6/c29-23(25(33)21-13-7-15-31(21)27(35)37-17-19-9-3-1-4-10-19)24(30)26(34)22-14-8-16-32(22)28(36)38-18-20-11-5-2-6-12-20/h1-6,9-12,21-24H,7-8,13-18,29-30H2/t21-,22-,23+,24+/m1/s1. The Balaban J connectivity index is 1.33. The van der Waals surface area contributed by atoms with Gasteiger partial charge in [-0.15, -0.1) is 0 Å². The summed E-state index contributed by atoms with van der Waals surface area (Å²) in [6.45, 7) is 0.866. The molecule has 2 aliphatic heterocycles. The summed E-state index contributed by atoms with van der Waals surface area (Å²) in [6, 6.07) is 14.2. The summed E-state index contributed by atoms with van der Waals surface area (Å²) < 4.78 is 10.8. The van der Waals surface area contributed by atoms with Crippen LogP contribution in [0.3, 0.4) is 0 Å². The van der Waals surface area contributed by atoms with Crippen LogP contribution in [0.1, 0.15) is 36.8 Å². The van der Waals surface area contributed by atoms with Crippen molar-refractivity contribution in [3.05, 3.63) is 71.8 Å². The van der Waals surface area contributed by atoms with E-state index in [2.05, 4.69) is 0 Å². The van der Waals surface area contributed by atoms with E-state index in [-0.39, 0.29) is 13.2 Å². The SMILES string of the molecule is N[C@H](C(=O)[C@H]1CCCN1C(=O)OCc1ccccc1)[C@H](N)C(=O)[C@H]1CCCN1C(=O)OCc1ccccc1. The van der Waals surface area contributed by atoms with Crippen LogP contribution in [0.2, 0.25) is 0 Å². The van der Waals surface area contributed by atoms with E-state index in [1.54, 1.807) is 0 Å². The van der Waals surface area contributed by atoms with Crippen LogP contribution in [0.15, 0.2) is 60.7 Å². The van der Waals surface area contributed by atoms with Gasteiger partial charge in [-0.3, -0.25) is 19.4 Å². The van der Waals surface area contributed by atoms with Crippen LogP contribution < -0.4 is 11.5 Å². The highest BCUT2D eigenvalue weighted by molar-refractivity contribution is 6.00. The molecule has 10 heteroatoms. The number of benzene rings is 2. The van der Waals surface area contributed by atoms with E-state index in [1.807, 2.05) is 60.7 Å². The van der Waals surface area contributed by atoms with Crippen LogP contribution in [0, 0.1) is 0 Å². The number of nitrogens with two attached hydrogens (primary N) is 2. The summed E-state index contributed by atoms with van der Waals surface area (Å²) in [5, 5.41) is 0. The highest BCUT2D eigenvalue weighted by Crippen LogP contribution is 2.24. The molecule has 4 atom stereocenters. The van der Waals surface area contributed by atoms with Crippen molar-refractivity contribution in [2.75, 3.05) is 13.1 Å². The fourth-order valence-corrected chi connectivity index (χ4v) is 4.96. The molecule has 4 rings (SSSR count). The smallest absolute Gasteiger partial charge is 0.410 e. The first kappa shape index (κ1) is 27.3. The molecule has 0 spiro atoms. The predicted octanol–water partition coefficient (Wildman–Crippen LogP) is 2.38. The van der Waals surface area contributed by atoms with Gasteiger partial charge in [0.2, 0.25) is 0 Å². The summed E-state index contributed by atoms with van der Waals surface area (Å²) in [5.74, 6) is -0.979. The summed E-state index contributed by atoms with van der Waals surface area (Å²) in [4.78, 5) is 54.6. The van der Waals surface area contributed by atoms with Crippen molar-refractivity contribution in [2.45, 2.75) is 63.1 Å². The third kappa shape index (κ3) is 6.38. The van der Waals surface area contributed by atoms with Crippen LogP contribution in [0.4, 0.5) is 9.59 Å². The maximum atomic E-state index is 13.3. The summed E-state index contributed by atoms with van der Waals surface area (Å²) in [6.07, 6.45) is 0.817. The van der Waals surface area contributed by atoms with E-state index in [9.17, 15) is 19.2 Å². The lowest BCUT2D eigenvalue weighted by atomic mass is 9.92. The summed E-state index contributed by atoms with van der Waals surface area (Å²) >= 11 is 0. The molecule has 2 amide bonds. The number of nitrogens with zero attached hydrogens (tertiary/aromatic N) is 2. The van der Waals surface area contributed by atoms with Crippen molar-refractivity contribution < 1.29 is 28.7 Å². The Bertz CT molecular complexity index is 1040. The van der Waals surface area contributed by atoms with E-state index >= 15 is 0 Å². The quantitative estimate of drug-likeness (QED) is 0.511. The number of likely N-dealkylation sites (tertiary alicyclic amines) is 2. The van der Waals surface area contributed by atoms with Crippen molar-refractivity contribution in [2.24, 2.45) is 11.5 Å². The van der Waals surface area contributed by atoms with Crippen LogP contribution >= 0.6 is 0 Å². The Kier molecular flexibility index (Phi) is 9.09. The van der Waals surface area contributed by atoms with Crippen LogP contribution in [-0.4, -0.2) is 70.8 Å². The van der Waals surface area contributed by atoms with E-state index < -0.39 is 47.9 Å². The second-order valence-corrected chi connectivity index (χ2v) is 9.64. The third-order valence-electron chi connectivity index (χ3n) is 7.09. The average molecular weight is 523 g/mol. The molecule has 2 aromatic rings. The molecule has 0 aliphatic carbocycles. The zero-order valence-electron chi connectivity index (χ0n) is 21.2. The number of hydrogen-bond acceptors (Lipinski definition) is 8. The van der Waals surface area contributed by atoms with Gasteiger partial charge in [0.25, 0.3) is 0 Å². The summed E-state index contributed by atoms with van der Waals surface area (Å²) in [7, 11) is 0. The number of amides is 2. The maximum absolute atomic E-state index is 13.3. The van der Waals surface area contributed by atoms with E-state index in [1.165, 1.54) is 9.80 Å². The van der Waals surface area contributed by atoms with Crippen molar-refractivity contribution >= 4 is 23.8 Å². The number of hydrogen-bond donors (Lipinski definition) is 2. The molecular weight excluding hydrogens is 488 g/mol. The second-order valence-electron chi connectivity index (χ2n) is 9.64. The molecule has 0 aromatic heterocycles. The number of rotatable bonds is 9. The lowest BCUT2D eigenvalue weighted by Crippen LogP contribution is -2.60. The molecule has 2 saturated heterocycles. The summed E-state index contributed by atoms with van der Waals surface area (Å²) in [5.41, 5.74) is 14.0. The molecule has 0 radical (unpaired) electrons. The Hall–Kier alpha value is -3.76. The van der Waals surface area contributed by atoms with Crippen molar-refractivity contribution in [1.29, 1.82) is 0 Å². The second kappa shape index (κ2) is 12.7. The van der Waals surface area contributed by atoms with Gasteiger partial charge in [-0.05, 0) is 36.8 Å². The van der Waals surface area contributed by atoms with Gasteiger partial charge < -0.3 is 20.9 Å². The van der Waals surface area contributed by atoms with Gasteiger partial charge >= 0.3 is 12.2 Å². The fourth-order valence-electron chi connectivity index (χ4n) is 4.96. The van der Waals surface area contributed by atoms with E-state index in [4.69, 9.17) is 20.9 Å². The monoisotopic (exact) mass is 522 g/mol. The Labute approximate surface area is 221 Å². The first-order chi connectivity index (χ1) is 18.4. The normalized spacial score (nSPS) is 20.6. The number of ether oxygens (including phenoxy) is 2. The van der Waals surface area contributed by atoms with Gasteiger partial charge in [0.05, 0.1) is 24.2 Å². The topological polar surface area (TPSA) is 145 Å². The van der Waals surface area contributed by atoms with Crippen LogP contribution in [-0.2, 0) is 32.3 Å². The van der Waals surface area contributed by atoms with Gasteiger partial charge in [0, 0.05) is 13.1 Å². The highest BCUT2D eigenvalue weighted by atomic mass is 16.6. The molecule has 10 nitrogen and oxygen atoms in total. The number of carbonyl (C=O) groups is 4. The maximum Gasteiger partial charge on any atom is 0.410 e. The first-order valence-corrected chi connectivity index (χ1v) is 12.9. The zero-order chi connectivity index (χ0) is 27.1. The van der Waals surface area contributed by atoms with Crippen LogP contribution in [0.25, 0.3) is 0 Å². The lowest BCUT2D eigenvalue weighted by molar-refractivity contribution is -0.130. The predicted molar refractivity (Wildman–Crippen MR) is 139 cm³/mol. The Morgan fingerprint density at radius 1 is 0.684 bits per heavy atom. The zero-order valence-corrected chi connectivity index (χ0v) is 21.2. The minimum Gasteiger partial charge on any atom is -0.445 e. The number of carbonyl (C=O) groups excluding carboxylic acids is 4. The van der Waals surface area contributed by atoms with E-state index in [0.717, 1.165) is 11.1 Å². The molecule has 2 aromatic carbocycles. The van der Waals surface area contributed by atoms with Gasteiger partial charge in [-0.2, -0.15) is 0 Å². The largest absolute Gasteiger partial charge is 0.445 e. The first-order valence-electron chi connectivity index (χ1n) is 12.9. The molecule has 2 fully saturated rings. The van der Waals surface area contributed by atoms with Gasteiger partial charge in [0.15, 0.2) is 11.6 Å². The average Bonchev–Trinajstić information content (AvgIpc) is 3.65. The van der Waals surface area contributed by atoms with Crippen molar-refractivity contribution in [1.82, 2.24) is 9.80 Å². The Morgan fingerprint density at radius 3 is 1.42 bits per heavy atom. The van der Waals surface area contributed by atoms with Gasteiger partial charge in [0.1, 0.15) is 13.2 Å². The molecule has 0 bridgehead atoms. The van der Waals surface area contributed by atoms with Crippen molar-refractivity contribution in [3.8, 4) is 0 Å². The minimum absolute atomic E-state index is 0.0824. The Morgan fingerprint density at radius 2 is 1.05 bits per heavy atom. The fraction of sp³-hybridized carbons (Fsp3) is 0.429. The van der Waals surface area contributed by atoms with Crippen molar-refractivity contribution in [3.63, 3.8) is 0 Å². The molecule has 4 N–H and O–H groups in total. The minimum atomic E-state index is -1.32. The molecule has 0 saturated carbocycles. The van der Waals surface area contributed by atoms with Gasteiger partial charge in [-0.1, -0.05) is 60.7 Å².